The van der Waals surface area contributed by atoms with E-state index in [-0.39, 0.29) is 12.0 Å². The molecule has 3 N–H and O–H groups in total. The first-order chi connectivity index (χ1) is 14.2. The Morgan fingerprint density at radius 2 is 2.00 bits per heavy atom. The lowest BCUT2D eigenvalue weighted by molar-refractivity contribution is -0.109. The first-order valence-corrected chi connectivity index (χ1v) is 9.94. The number of nitrogens with zero attached hydrogens (tertiary/aromatic N) is 1. The number of nitrogens with one attached hydrogen (secondary N) is 1. The highest BCUT2D eigenvalue weighted by molar-refractivity contribution is 5.93. The summed E-state index contributed by atoms with van der Waals surface area (Å²) in [5, 5.41) is 20.2. The van der Waals surface area contributed by atoms with Crippen molar-refractivity contribution < 1.29 is 24.6 Å². The molecule has 0 aliphatic carbocycles. The molecule has 2 aromatic rings. The number of fused-ring (bicyclic) bond motifs is 1. The Morgan fingerprint density at radius 3 is 2.72 bits per heavy atom. The van der Waals surface area contributed by atoms with Gasteiger partial charge in [-0.1, -0.05) is 36.4 Å². The quantitative estimate of drug-likeness (QED) is 0.541. The molecule has 0 radical (unpaired) electrons. The molecule has 3 atom stereocenters. The Kier molecular flexibility index (Phi) is 6.10. The van der Waals surface area contributed by atoms with Crippen molar-refractivity contribution >= 4 is 5.91 Å². The summed E-state index contributed by atoms with van der Waals surface area (Å²) in [6, 6.07) is 14.9. The monoisotopic (exact) mass is 398 g/mol. The van der Waals surface area contributed by atoms with Gasteiger partial charge in [0.05, 0.1) is 12.6 Å². The summed E-state index contributed by atoms with van der Waals surface area (Å²) in [6.07, 6.45) is 1.19. The fraction of sp³-hybridized carbons (Fsp3) is 0.409. The number of hydrogen-bond donors (Lipinski definition) is 3. The summed E-state index contributed by atoms with van der Waals surface area (Å²) in [7, 11) is 0. The Hall–Kier alpha value is -2.45. The minimum atomic E-state index is -0.671. The second-order valence-electron chi connectivity index (χ2n) is 7.56. The third-order valence-electron chi connectivity index (χ3n) is 5.72. The van der Waals surface area contributed by atoms with Gasteiger partial charge in [-0.3, -0.25) is 14.9 Å². The zero-order valence-corrected chi connectivity index (χ0v) is 16.2. The van der Waals surface area contributed by atoms with Gasteiger partial charge in [-0.15, -0.1) is 0 Å². The number of benzene rings is 2. The Balaban J connectivity index is 1.67. The molecule has 1 fully saturated rings. The first-order valence-electron chi connectivity index (χ1n) is 9.94. The second kappa shape index (κ2) is 8.92. The van der Waals surface area contributed by atoms with E-state index in [9.17, 15) is 9.90 Å². The largest absolute Gasteiger partial charge is 0.491 e. The molecule has 1 unspecified atom stereocenters. The standard InChI is InChI=1S/C22H26N2O5/c25-21(23-27)16-8-9-17-12-24(22(26)18-7-4-10-28-13-18)19(14-29-20(17)11-16)15-5-2-1-3-6-15/h1-3,5-6,8-9,11,18-19,22,26-27H,4,7,10,12-14H2,(H,23,25)/t18-,19+,22?/m0/s1. The van der Waals surface area contributed by atoms with Crippen LogP contribution in [0, 0.1) is 5.92 Å². The van der Waals surface area contributed by atoms with Crippen LogP contribution in [0.1, 0.15) is 40.4 Å². The molecule has 2 aliphatic heterocycles. The molecule has 2 aliphatic rings. The molecule has 7 nitrogen and oxygen atoms in total. The summed E-state index contributed by atoms with van der Waals surface area (Å²) in [6.45, 7) is 2.11. The molecule has 0 spiro atoms. The van der Waals surface area contributed by atoms with E-state index in [1.54, 1.807) is 17.6 Å². The number of carbonyl (C=O) groups excluding carboxylic acids is 1. The van der Waals surface area contributed by atoms with E-state index in [1.807, 2.05) is 36.4 Å². The van der Waals surface area contributed by atoms with Crippen molar-refractivity contribution in [2.75, 3.05) is 19.8 Å². The van der Waals surface area contributed by atoms with Crippen LogP contribution < -0.4 is 10.2 Å². The Labute approximate surface area is 169 Å². The summed E-state index contributed by atoms with van der Waals surface area (Å²) in [5.74, 6) is 0.0362. The third kappa shape index (κ3) is 4.28. The predicted molar refractivity (Wildman–Crippen MR) is 105 cm³/mol. The van der Waals surface area contributed by atoms with Gasteiger partial charge in [0, 0.05) is 30.2 Å². The predicted octanol–water partition coefficient (Wildman–Crippen LogP) is 2.49. The average Bonchev–Trinajstić information content (AvgIpc) is 2.98. The SMILES string of the molecule is O=C(NO)c1ccc2c(c1)OC[C@H](c1ccccc1)N(C(O)[C@H]1CCCOC1)C2. The van der Waals surface area contributed by atoms with Crippen molar-refractivity contribution in [3.8, 4) is 5.75 Å². The molecule has 7 heteroatoms. The fourth-order valence-corrected chi connectivity index (χ4v) is 4.11. The van der Waals surface area contributed by atoms with Crippen molar-refractivity contribution in [3.05, 3.63) is 65.2 Å². The highest BCUT2D eigenvalue weighted by atomic mass is 16.5. The number of aliphatic hydroxyl groups is 1. The molecule has 1 amide bonds. The van der Waals surface area contributed by atoms with E-state index in [0.717, 1.165) is 30.6 Å². The number of rotatable bonds is 4. The zero-order chi connectivity index (χ0) is 20.2. The molecular formula is C22H26N2O5. The van der Waals surface area contributed by atoms with Crippen LogP contribution >= 0.6 is 0 Å². The minimum Gasteiger partial charge on any atom is -0.491 e. The highest BCUT2D eigenvalue weighted by Gasteiger charge is 2.35. The fourth-order valence-electron chi connectivity index (χ4n) is 4.11. The Bertz CT molecular complexity index is 838. The van der Waals surface area contributed by atoms with Gasteiger partial charge in [0.1, 0.15) is 18.6 Å². The highest BCUT2D eigenvalue weighted by Crippen LogP contribution is 2.35. The summed E-state index contributed by atoms with van der Waals surface area (Å²) >= 11 is 0. The topological polar surface area (TPSA) is 91.3 Å². The number of carbonyl (C=O) groups is 1. The summed E-state index contributed by atoms with van der Waals surface area (Å²) < 4.78 is 11.7. The van der Waals surface area contributed by atoms with Crippen LogP contribution in [0.4, 0.5) is 0 Å². The Morgan fingerprint density at radius 1 is 1.17 bits per heavy atom. The zero-order valence-electron chi connectivity index (χ0n) is 16.2. The van der Waals surface area contributed by atoms with Crippen molar-refractivity contribution in [1.82, 2.24) is 10.4 Å². The van der Waals surface area contributed by atoms with Crippen molar-refractivity contribution in [1.29, 1.82) is 0 Å². The molecule has 0 saturated carbocycles. The smallest absolute Gasteiger partial charge is 0.274 e. The average molecular weight is 398 g/mol. The third-order valence-corrected chi connectivity index (χ3v) is 5.72. The lowest BCUT2D eigenvalue weighted by atomic mass is 9.96. The van der Waals surface area contributed by atoms with Crippen LogP contribution in [0.3, 0.4) is 0 Å². The van der Waals surface area contributed by atoms with E-state index >= 15 is 0 Å². The van der Waals surface area contributed by atoms with Gasteiger partial charge in [-0.05, 0) is 30.5 Å². The lowest BCUT2D eigenvalue weighted by Gasteiger charge is -2.38. The van der Waals surface area contributed by atoms with E-state index in [4.69, 9.17) is 14.7 Å². The normalized spacial score (nSPS) is 23.4. The summed E-state index contributed by atoms with van der Waals surface area (Å²) in [4.78, 5) is 13.8. The van der Waals surface area contributed by atoms with E-state index < -0.39 is 12.1 Å². The van der Waals surface area contributed by atoms with Crippen LogP contribution in [0.2, 0.25) is 0 Å². The summed E-state index contributed by atoms with van der Waals surface area (Å²) in [5.41, 5.74) is 3.91. The van der Waals surface area contributed by atoms with Crippen molar-refractivity contribution in [3.63, 3.8) is 0 Å². The number of amides is 1. The van der Waals surface area contributed by atoms with Crippen LogP contribution in [0.5, 0.6) is 5.75 Å². The number of hydrogen-bond acceptors (Lipinski definition) is 6. The first kappa shape index (κ1) is 19.8. The molecule has 0 bridgehead atoms. The van der Waals surface area contributed by atoms with Gasteiger partial charge in [0.25, 0.3) is 5.91 Å². The van der Waals surface area contributed by atoms with E-state index in [0.29, 0.717) is 31.1 Å². The van der Waals surface area contributed by atoms with Gasteiger partial charge in [-0.2, -0.15) is 0 Å². The molecule has 2 aromatic carbocycles. The van der Waals surface area contributed by atoms with Crippen molar-refractivity contribution in [2.45, 2.75) is 31.7 Å². The van der Waals surface area contributed by atoms with Crippen molar-refractivity contribution in [2.24, 2.45) is 5.92 Å². The van der Waals surface area contributed by atoms with E-state index in [2.05, 4.69) is 4.90 Å². The molecule has 2 heterocycles. The second-order valence-corrected chi connectivity index (χ2v) is 7.56. The number of aliphatic hydroxyl groups excluding tert-OH is 1. The minimum absolute atomic E-state index is 0.0379. The maximum atomic E-state index is 11.8. The maximum Gasteiger partial charge on any atom is 0.274 e. The molecule has 4 rings (SSSR count). The lowest BCUT2D eigenvalue weighted by Crippen LogP contribution is -2.45. The molecule has 29 heavy (non-hydrogen) atoms. The number of hydroxylamine groups is 1. The van der Waals surface area contributed by atoms with Crippen LogP contribution in [-0.2, 0) is 11.3 Å². The molecule has 1 saturated heterocycles. The van der Waals surface area contributed by atoms with Crippen LogP contribution in [-0.4, -0.2) is 47.2 Å². The molecular weight excluding hydrogens is 372 g/mol. The molecule has 0 aromatic heterocycles. The van der Waals surface area contributed by atoms with Gasteiger partial charge >= 0.3 is 0 Å². The maximum absolute atomic E-state index is 11.8. The van der Waals surface area contributed by atoms with Gasteiger partial charge in [0.15, 0.2) is 0 Å². The van der Waals surface area contributed by atoms with Crippen LogP contribution in [0.25, 0.3) is 0 Å². The van der Waals surface area contributed by atoms with Crippen LogP contribution in [0.15, 0.2) is 48.5 Å². The van der Waals surface area contributed by atoms with E-state index in [1.165, 1.54) is 0 Å². The van der Waals surface area contributed by atoms with Gasteiger partial charge < -0.3 is 14.6 Å². The number of ether oxygens (including phenoxy) is 2. The molecule has 154 valence electrons. The van der Waals surface area contributed by atoms with Gasteiger partial charge in [-0.25, -0.2) is 5.48 Å². The van der Waals surface area contributed by atoms with Gasteiger partial charge in [0.2, 0.25) is 0 Å².